The van der Waals surface area contributed by atoms with E-state index in [1.807, 2.05) is 18.2 Å². The summed E-state index contributed by atoms with van der Waals surface area (Å²) < 4.78 is 4.95. The van der Waals surface area contributed by atoms with Gasteiger partial charge in [0.05, 0.1) is 29.8 Å². The topological polar surface area (TPSA) is 45.5 Å². The van der Waals surface area contributed by atoms with E-state index in [-0.39, 0.29) is 6.03 Å². The zero-order valence-electron chi connectivity index (χ0n) is 9.89. The van der Waals surface area contributed by atoms with Crippen LogP contribution in [-0.2, 0) is 6.54 Å². The van der Waals surface area contributed by atoms with E-state index in [9.17, 15) is 4.79 Å². The first kappa shape index (κ1) is 12.5. The zero-order valence-corrected chi connectivity index (χ0v) is 10.6. The van der Waals surface area contributed by atoms with Crippen molar-refractivity contribution in [2.75, 3.05) is 12.4 Å². The normalized spacial score (nSPS) is 10.1. The molecule has 0 saturated carbocycles. The number of carbonyl (C=O) groups excluding carboxylic acids is 1. The van der Waals surface area contributed by atoms with Gasteiger partial charge in [-0.15, -0.1) is 0 Å². The van der Waals surface area contributed by atoms with Crippen LogP contribution in [0.25, 0.3) is 0 Å². The van der Waals surface area contributed by atoms with Crippen molar-refractivity contribution in [1.29, 1.82) is 0 Å². The van der Waals surface area contributed by atoms with Gasteiger partial charge in [0.1, 0.15) is 0 Å². The minimum absolute atomic E-state index is 0.218. The first-order valence-electron chi connectivity index (χ1n) is 5.44. The number of carbonyl (C=O) groups is 1. The molecule has 1 aromatic carbocycles. The van der Waals surface area contributed by atoms with Crippen LogP contribution < -0.4 is 5.32 Å². The number of nitrogens with one attached hydrogen (secondary N) is 1. The summed E-state index contributed by atoms with van der Waals surface area (Å²) in [5, 5.41) is 3.26. The van der Waals surface area contributed by atoms with E-state index in [4.69, 9.17) is 16.0 Å². The smallest absolute Gasteiger partial charge is 0.321 e. The molecule has 1 aromatic heterocycles. The number of halogens is 1. The maximum absolute atomic E-state index is 11.9. The van der Waals surface area contributed by atoms with Crippen LogP contribution in [0.2, 0.25) is 5.02 Å². The van der Waals surface area contributed by atoms with E-state index in [2.05, 4.69) is 5.32 Å². The molecule has 0 aliphatic rings. The van der Waals surface area contributed by atoms with E-state index in [0.717, 1.165) is 5.56 Å². The van der Waals surface area contributed by atoms with E-state index in [1.54, 1.807) is 36.6 Å². The molecule has 2 amide bonds. The Morgan fingerprint density at radius 3 is 2.83 bits per heavy atom. The summed E-state index contributed by atoms with van der Waals surface area (Å²) in [6.07, 6.45) is 3.19. The van der Waals surface area contributed by atoms with Crippen molar-refractivity contribution in [3.05, 3.63) is 53.4 Å². The summed E-state index contributed by atoms with van der Waals surface area (Å²) in [6, 6.07) is 8.72. The van der Waals surface area contributed by atoms with Crippen LogP contribution in [0.4, 0.5) is 10.5 Å². The molecule has 0 bridgehead atoms. The first-order valence-corrected chi connectivity index (χ1v) is 5.82. The molecule has 0 fully saturated rings. The molecule has 0 saturated heterocycles. The average molecular weight is 265 g/mol. The van der Waals surface area contributed by atoms with Crippen molar-refractivity contribution < 1.29 is 9.21 Å². The highest BCUT2D eigenvalue weighted by Crippen LogP contribution is 2.20. The second-order valence-electron chi connectivity index (χ2n) is 3.90. The van der Waals surface area contributed by atoms with Gasteiger partial charge in [0.15, 0.2) is 0 Å². The number of hydrogen-bond acceptors (Lipinski definition) is 2. The van der Waals surface area contributed by atoms with Crippen LogP contribution in [0.1, 0.15) is 5.56 Å². The predicted octanol–water partition coefficient (Wildman–Crippen LogP) is 3.60. The van der Waals surface area contributed by atoms with Gasteiger partial charge in [0.2, 0.25) is 0 Å². The van der Waals surface area contributed by atoms with Gasteiger partial charge in [-0.05, 0) is 18.2 Å². The Bertz CT molecular complexity index is 526. The number of furan rings is 1. The number of urea groups is 1. The highest BCUT2D eigenvalue weighted by atomic mass is 35.5. The van der Waals surface area contributed by atoms with E-state index >= 15 is 0 Å². The molecule has 0 aliphatic heterocycles. The lowest BCUT2D eigenvalue weighted by Gasteiger charge is -2.17. The maximum Gasteiger partial charge on any atom is 0.321 e. The Morgan fingerprint density at radius 2 is 2.17 bits per heavy atom. The average Bonchev–Trinajstić information content (AvgIpc) is 2.84. The fourth-order valence-electron chi connectivity index (χ4n) is 1.50. The Balaban J connectivity index is 1.98. The summed E-state index contributed by atoms with van der Waals surface area (Å²) in [5.74, 6) is 0. The van der Waals surface area contributed by atoms with Gasteiger partial charge in [0.25, 0.3) is 0 Å². The van der Waals surface area contributed by atoms with Crippen LogP contribution in [-0.4, -0.2) is 18.0 Å². The second-order valence-corrected chi connectivity index (χ2v) is 4.30. The third kappa shape index (κ3) is 3.05. The van der Waals surface area contributed by atoms with Gasteiger partial charge < -0.3 is 14.6 Å². The molecule has 94 valence electrons. The number of rotatable bonds is 3. The molecule has 0 spiro atoms. The predicted molar refractivity (Wildman–Crippen MR) is 70.6 cm³/mol. The van der Waals surface area contributed by atoms with E-state index < -0.39 is 0 Å². The third-order valence-corrected chi connectivity index (χ3v) is 2.79. The van der Waals surface area contributed by atoms with Crippen LogP contribution in [0.5, 0.6) is 0 Å². The Kier molecular flexibility index (Phi) is 3.89. The lowest BCUT2D eigenvalue weighted by molar-refractivity contribution is 0.220. The maximum atomic E-state index is 11.9. The molecule has 0 aliphatic carbocycles. The van der Waals surface area contributed by atoms with Gasteiger partial charge in [0, 0.05) is 12.6 Å². The number of para-hydroxylation sites is 1. The summed E-state index contributed by atoms with van der Waals surface area (Å²) in [6.45, 7) is 0.479. The monoisotopic (exact) mass is 264 g/mol. The molecule has 18 heavy (non-hydrogen) atoms. The molecule has 0 unspecified atom stereocenters. The summed E-state index contributed by atoms with van der Waals surface area (Å²) in [4.78, 5) is 13.5. The minimum atomic E-state index is -0.218. The molecule has 0 radical (unpaired) electrons. The van der Waals surface area contributed by atoms with Gasteiger partial charge in [-0.25, -0.2) is 4.79 Å². The van der Waals surface area contributed by atoms with Crippen molar-refractivity contribution in [2.24, 2.45) is 0 Å². The van der Waals surface area contributed by atoms with Crippen LogP contribution in [0, 0.1) is 0 Å². The molecule has 2 aromatic rings. The van der Waals surface area contributed by atoms with Gasteiger partial charge in [-0.2, -0.15) is 0 Å². The molecule has 4 nitrogen and oxygen atoms in total. The standard InChI is InChI=1S/C13H13ClN2O2/c1-16(8-10-6-7-18-9-10)13(17)15-12-5-3-2-4-11(12)14/h2-7,9H,8H2,1H3,(H,15,17). The molecule has 2 rings (SSSR count). The highest BCUT2D eigenvalue weighted by molar-refractivity contribution is 6.33. The molecule has 1 heterocycles. The molecular formula is C13H13ClN2O2. The summed E-state index contributed by atoms with van der Waals surface area (Å²) >= 11 is 5.97. The van der Waals surface area contributed by atoms with Gasteiger partial charge in [-0.1, -0.05) is 23.7 Å². The Hall–Kier alpha value is -1.94. The molecule has 5 heteroatoms. The first-order chi connectivity index (χ1) is 8.66. The summed E-state index contributed by atoms with van der Waals surface area (Å²) in [5.41, 5.74) is 1.54. The van der Waals surface area contributed by atoms with Crippen LogP contribution >= 0.6 is 11.6 Å². The van der Waals surface area contributed by atoms with E-state index in [1.165, 1.54) is 0 Å². The fourth-order valence-corrected chi connectivity index (χ4v) is 1.68. The SMILES string of the molecule is CN(Cc1ccoc1)C(=O)Nc1ccccc1Cl. The van der Waals surface area contributed by atoms with Crippen molar-refractivity contribution in [3.8, 4) is 0 Å². The lowest BCUT2D eigenvalue weighted by Crippen LogP contribution is -2.30. The van der Waals surface area contributed by atoms with Crippen LogP contribution in [0.15, 0.2) is 47.3 Å². The molecule has 1 N–H and O–H groups in total. The number of hydrogen-bond donors (Lipinski definition) is 1. The van der Waals surface area contributed by atoms with Crippen molar-refractivity contribution >= 4 is 23.3 Å². The lowest BCUT2D eigenvalue weighted by atomic mass is 10.3. The highest BCUT2D eigenvalue weighted by Gasteiger charge is 2.11. The Labute approximate surface area is 110 Å². The molecule has 0 atom stereocenters. The number of anilines is 1. The van der Waals surface area contributed by atoms with Gasteiger partial charge in [-0.3, -0.25) is 0 Å². The number of nitrogens with zero attached hydrogens (tertiary/aromatic N) is 1. The quantitative estimate of drug-likeness (QED) is 0.921. The second kappa shape index (κ2) is 5.60. The van der Waals surface area contributed by atoms with Crippen LogP contribution in [0.3, 0.4) is 0 Å². The largest absolute Gasteiger partial charge is 0.472 e. The third-order valence-electron chi connectivity index (χ3n) is 2.46. The van der Waals surface area contributed by atoms with Crippen molar-refractivity contribution in [3.63, 3.8) is 0 Å². The molecular weight excluding hydrogens is 252 g/mol. The number of benzene rings is 1. The minimum Gasteiger partial charge on any atom is -0.472 e. The fraction of sp³-hybridized carbons (Fsp3) is 0.154. The number of amides is 2. The van der Waals surface area contributed by atoms with Crippen molar-refractivity contribution in [2.45, 2.75) is 6.54 Å². The summed E-state index contributed by atoms with van der Waals surface area (Å²) in [7, 11) is 1.71. The Morgan fingerprint density at radius 1 is 1.39 bits per heavy atom. The van der Waals surface area contributed by atoms with Crippen molar-refractivity contribution in [1.82, 2.24) is 4.90 Å². The van der Waals surface area contributed by atoms with E-state index in [0.29, 0.717) is 17.3 Å². The van der Waals surface area contributed by atoms with Gasteiger partial charge >= 0.3 is 6.03 Å². The zero-order chi connectivity index (χ0) is 13.0.